The fraction of sp³-hybridized carbons (Fsp3) is 0.562. The Morgan fingerprint density at radius 2 is 2.15 bits per heavy atom. The van der Waals surface area contributed by atoms with Crippen LogP contribution in [0.1, 0.15) is 42.3 Å². The highest BCUT2D eigenvalue weighted by Gasteiger charge is 2.32. The van der Waals surface area contributed by atoms with Crippen molar-refractivity contribution in [2.24, 2.45) is 0 Å². The number of ether oxygens (including phenoxy) is 1. The van der Waals surface area contributed by atoms with Crippen LogP contribution in [0.15, 0.2) is 16.3 Å². The Kier molecular flexibility index (Phi) is 4.45. The smallest absolute Gasteiger partial charge is 0.422 e. The molecule has 0 aromatic carbocycles. The molecule has 0 unspecified atom stereocenters. The highest BCUT2D eigenvalue weighted by atomic mass is 32.2. The molecule has 2 aromatic heterocycles. The Balaban J connectivity index is 1.53. The van der Waals surface area contributed by atoms with Gasteiger partial charge >= 0.3 is 6.18 Å². The van der Waals surface area contributed by atoms with Gasteiger partial charge in [0.2, 0.25) is 5.88 Å². The number of aryl methyl sites for hydroxylation is 1. The minimum atomic E-state index is -4.42. The molecule has 1 saturated carbocycles. The van der Waals surface area contributed by atoms with E-state index in [1.165, 1.54) is 18.1 Å². The van der Waals surface area contributed by atoms with Gasteiger partial charge < -0.3 is 14.3 Å². The zero-order chi connectivity index (χ0) is 18.3. The number of hydrogen-bond acceptors (Lipinski definition) is 5. The van der Waals surface area contributed by atoms with Crippen LogP contribution in [0.25, 0.3) is 0 Å². The summed E-state index contributed by atoms with van der Waals surface area (Å²) in [5.74, 6) is 0.316. The van der Waals surface area contributed by atoms with Gasteiger partial charge in [0.15, 0.2) is 11.8 Å². The van der Waals surface area contributed by atoms with E-state index in [0.717, 1.165) is 43.4 Å². The number of nitrogens with one attached hydrogen (secondary N) is 1. The largest absolute Gasteiger partial charge is 0.467 e. The van der Waals surface area contributed by atoms with Crippen LogP contribution in [-0.2, 0) is 18.6 Å². The summed E-state index contributed by atoms with van der Waals surface area (Å²) >= 11 is 1.28. The molecule has 2 aromatic rings. The fourth-order valence-electron chi connectivity index (χ4n) is 3.07. The quantitative estimate of drug-likeness (QED) is 0.610. The zero-order valence-corrected chi connectivity index (χ0v) is 14.6. The van der Waals surface area contributed by atoms with E-state index in [0.29, 0.717) is 16.6 Å². The Bertz CT molecular complexity index is 873. The highest BCUT2D eigenvalue weighted by molar-refractivity contribution is 7.98. The molecule has 0 spiro atoms. The van der Waals surface area contributed by atoms with Gasteiger partial charge in [0.05, 0.1) is 17.7 Å². The third-order valence-corrected chi connectivity index (χ3v) is 5.32. The van der Waals surface area contributed by atoms with Crippen molar-refractivity contribution in [3.63, 3.8) is 0 Å². The summed E-state index contributed by atoms with van der Waals surface area (Å²) in [7, 11) is 0. The molecule has 6 nitrogen and oxygen atoms in total. The average molecular weight is 386 g/mol. The van der Waals surface area contributed by atoms with Gasteiger partial charge in [0.1, 0.15) is 0 Å². The molecule has 1 fully saturated rings. The van der Waals surface area contributed by atoms with Crippen LogP contribution in [0.5, 0.6) is 5.88 Å². The normalized spacial score (nSPS) is 16.7. The van der Waals surface area contributed by atoms with Crippen molar-refractivity contribution in [1.29, 1.82) is 0 Å². The molecule has 0 atom stereocenters. The first-order valence-corrected chi connectivity index (χ1v) is 9.39. The van der Waals surface area contributed by atoms with E-state index in [1.54, 1.807) is 0 Å². The van der Waals surface area contributed by atoms with Crippen molar-refractivity contribution in [1.82, 2.24) is 19.5 Å². The number of aromatic amines is 1. The number of thioether (sulfide) groups is 1. The van der Waals surface area contributed by atoms with Crippen LogP contribution in [0, 0.1) is 0 Å². The van der Waals surface area contributed by atoms with Crippen molar-refractivity contribution >= 4 is 11.8 Å². The first-order chi connectivity index (χ1) is 12.4. The van der Waals surface area contributed by atoms with Crippen LogP contribution in [0.2, 0.25) is 0 Å². The topological polar surface area (TPSA) is 72.8 Å². The van der Waals surface area contributed by atoms with E-state index in [4.69, 9.17) is 4.74 Å². The molecule has 2 aliphatic carbocycles. The van der Waals surface area contributed by atoms with Gasteiger partial charge in [0, 0.05) is 17.4 Å². The monoisotopic (exact) mass is 386 g/mol. The molecule has 0 saturated heterocycles. The SMILES string of the molecule is O=c1[nH]c(SCc2c(OCC(F)(F)F)ncn2C2CC2)nc2c1CCC2. The fourth-order valence-corrected chi connectivity index (χ4v) is 3.95. The number of hydrogen-bond donors (Lipinski definition) is 1. The number of imidazole rings is 1. The molecule has 140 valence electrons. The van der Waals surface area contributed by atoms with Gasteiger partial charge in [-0.05, 0) is 32.1 Å². The summed E-state index contributed by atoms with van der Waals surface area (Å²) in [5.41, 5.74) is 2.02. The summed E-state index contributed by atoms with van der Waals surface area (Å²) in [6.07, 6.45) is 1.50. The molecule has 1 N–H and O–H groups in total. The van der Waals surface area contributed by atoms with Crippen molar-refractivity contribution in [2.45, 2.75) is 55.2 Å². The minimum absolute atomic E-state index is 0.00904. The first kappa shape index (κ1) is 17.4. The maximum Gasteiger partial charge on any atom is 0.422 e. The van der Waals surface area contributed by atoms with Crippen molar-refractivity contribution in [2.75, 3.05) is 6.61 Å². The van der Waals surface area contributed by atoms with Crippen molar-refractivity contribution in [3.05, 3.63) is 33.6 Å². The van der Waals surface area contributed by atoms with Gasteiger partial charge in [-0.3, -0.25) is 4.79 Å². The number of alkyl halides is 3. The van der Waals surface area contributed by atoms with Crippen molar-refractivity contribution in [3.8, 4) is 5.88 Å². The zero-order valence-electron chi connectivity index (χ0n) is 13.8. The van der Waals surface area contributed by atoms with Gasteiger partial charge in [-0.2, -0.15) is 13.2 Å². The van der Waals surface area contributed by atoms with Crippen LogP contribution in [0.4, 0.5) is 13.2 Å². The lowest BCUT2D eigenvalue weighted by Crippen LogP contribution is -2.20. The number of rotatable bonds is 6. The summed E-state index contributed by atoms with van der Waals surface area (Å²) in [6, 6.07) is 0.258. The molecular weight excluding hydrogens is 369 g/mol. The van der Waals surface area contributed by atoms with Crippen LogP contribution < -0.4 is 10.3 Å². The summed E-state index contributed by atoms with van der Waals surface area (Å²) in [6.45, 7) is -1.37. The number of H-pyrrole nitrogens is 1. The summed E-state index contributed by atoms with van der Waals surface area (Å²) < 4.78 is 44.1. The number of nitrogens with zero attached hydrogens (tertiary/aromatic N) is 3. The number of halogens is 3. The molecule has 26 heavy (non-hydrogen) atoms. The molecule has 0 aliphatic heterocycles. The molecule has 10 heteroatoms. The summed E-state index contributed by atoms with van der Waals surface area (Å²) in [5, 5.41) is 0.473. The van der Waals surface area contributed by atoms with Crippen LogP contribution >= 0.6 is 11.8 Å². The van der Waals surface area contributed by atoms with E-state index in [9.17, 15) is 18.0 Å². The third-order valence-electron chi connectivity index (χ3n) is 4.44. The predicted octanol–water partition coefficient (Wildman–Crippen LogP) is 3.02. The van der Waals surface area contributed by atoms with Gasteiger partial charge in [-0.25, -0.2) is 9.97 Å². The average Bonchev–Trinajstić information content (AvgIpc) is 3.15. The second kappa shape index (κ2) is 6.64. The molecular formula is C16H17F3N4O2S. The van der Waals surface area contributed by atoms with E-state index in [-0.39, 0.29) is 17.5 Å². The van der Waals surface area contributed by atoms with Gasteiger partial charge in [-0.15, -0.1) is 0 Å². The maximum absolute atomic E-state index is 12.5. The molecule has 2 heterocycles. The Hall–Kier alpha value is -1.97. The van der Waals surface area contributed by atoms with E-state index >= 15 is 0 Å². The van der Waals surface area contributed by atoms with Crippen LogP contribution in [0.3, 0.4) is 0 Å². The van der Waals surface area contributed by atoms with Crippen LogP contribution in [-0.4, -0.2) is 32.3 Å². The lowest BCUT2D eigenvalue weighted by molar-refractivity contribution is -0.154. The number of fused-ring (bicyclic) bond motifs is 1. The lowest BCUT2D eigenvalue weighted by Gasteiger charge is -2.11. The second-order valence-electron chi connectivity index (χ2n) is 6.48. The molecule has 0 amide bonds. The Morgan fingerprint density at radius 1 is 1.35 bits per heavy atom. The molecule has 0 bridgehead atoms. The Morgan fingerprint density at radius 3 is 2.88 bits per heavy atom. The third kappa shape index (κ3) is 3.74. The first-order valence-electron chi connectivity index (χ1n) is 8.41. The Labute approximate surface area is 151 Å². The van der Waals surface area contributed by atoms with E-state index in [1.807, 2.05) is 4.57 Å². The lowest BCUT2D eigenvalue weighted by atomic mass is 10.3. The molecule has 2 aliphatic rings. The number of aromatic nitrogens is 4. The maximum atomic E-state index is 12.5. The van der Waals surface area contributed by atoms with E-state index < -0.39 is 12.8 Å². The predicted molar refractivity (Wildman–Crippen MR) is 88.5 cm³/mol. The van der Waals surface area contributed by atoms with E-state index in [2.05, 4.69) is 15.0 Å². The highest BCUT2D eigenvalue weighted by Crippen LogP contribution is 2.39. The standard InChI is InChI=1S/C16H17F3N4O2S/c17-16(18,19)7-25-14-12(23(8-20-14)9-4-5-9)6-26-15-21-11-3-1-2-10(11)13(24)22-15/h8-9H,1-7H2,(H,21,22,24). The van der Waals surface area contributed by atoms with Crippen molar-refractivity contribution < 1.29 is 17.9 Å². The van der Waals surface area contributed by atoms with Gasteiger partial charge in [0.25, 0.3) is 5.56 Å². The molecule has 4 rings (SSSR count). The minimum Gasteiger partial charge on any atom is -0.467 e. The molecule has 0 radical (unpaired) electrons. The van der Waals surface area contributed by atoms with Gasteiger partial charge in [-0.1, -0.05) is 11.8 Å². The summed E-state index contributed by atoms with van der Waals surface area (Å²) in [4.78, 5) is 23.3. The second-order valence-corrected chi connectivity index (χ2v) is 7.44.